The van der Waals surface area contributed by atoms with Crippen molar-refractivity contribution in [2.24, 2.45) is 0 Å². The molecule has 0 N–H and O–H groups in total. The van der Waals surface area contributed by atoms with Crippen LogP contribution in [0.25, 0.3) is 0 Å². The van der Waals surface area contributed by atoms with Crippen molar-refractivity contribution in [2.45, 2.75) is 86.2 Å². The quantitative estimate of drug-likeness (QED) is 0.160. The number of rotatable bonds is 15. The van der Waals surface area contributed by atoms with Crippen LogP contribution in [0.5, 0.6) is 0 Å². The normalized spacial score (nSPS) is 13.9. The topological polar surface area (TPSA) is 61.8 Å². The fourth-order valence-corrected chi connectivity index (χ4v) is 4.67. The molecule has 5 nitrogen and oxygen atoms in total. The van der Waals surface area contributed by atoms with Crippen LogP contribution in [-0.4, -0.2) is 31.4 Å². The van der Waals surface area contributed by atoms with Gasteiger partial charge in [0, 0.05) is 0 Å². The zero-order chi connectivity index (χ0) is 22.3. The monoisotopic (exact) mass is 428 g/mol. The lowest BCUT2D eigenvalue weighted by Crippen LogP contribution is -2.25. The van der Waals surface area contributed by atoms with Gasteiger partial charge in [-0.25, -0.2) is 0 Å². The number of hydrogen-bond acceptors (Lipinski definition) is 5. The molecule has 0 aromatic rings. The molecule has 168 valence electrons. The van der Waals surface area contributed by atoms with Gasteiger partial charge in [-0.1, -0.05) is 34.9 Å². The minimum atomic E-state index is -3.57. The van der Waals surface area contributed by atoms with E-state index in [0.29, 0.717) is 0 Å². The highest BCUT2D eigenvalue weighted by Crippen LogP contribution is 2.54. The van der Waals surface area contributed by atoms with Gasteiger partial charge >= 0.3 is 13.6 Å². The molecule has 0 heterocycles. The number of carbonyl (C=O) groups is 1. The van der Waals surface area contributed by atoms with E-state index in [4.69, 9.17) is 13.8 Å². The van der Waals surface area contributed by atoms with Gasteiger partial charge in [0.2, 0.25) is 0 Å². The first-order valence-corrected chi connectivity index (χ1v) is 12.3. The van der Waals surface area contributed by atoms with E-state index in [0.717, 1.165) is 31.3 Å². The summed E-state index contributed by atoms with van der Waals surface area (Å²) in [5.74, 6) is -0.531. The maximum atomic E-state index is 13.1. The largest absolute Gasteiger partial charge is 0.465 e. The van der Waals surface area contributed by atoms with Crippen molar-refractivity contribution in [3.05, 3.63) is 34.9 Å². The Hall–Kier alpha value is -1.16. The van der Waals surface area contributed by atoms with Crippen LogP contribution in [0.1, 0.15) is 80.6 Å². The van der Waals surface area contributed by atoms with E-state index in [2.05, 4.69) is 32.9 Å². The minimum absolute atomic E-state index is 0.215. The smallest absolute Gasteiger partial charge is 0.345 e. The van der Waals surface area contributed by atoms with E-state index >= 15 is 0 Å². The molecule has 0 saturated carbocycles. The van der Waals surface area contributed by atoms with Crippen LogP contribution in [0.2, 0.25) is 0 Å². The van der Waals surface area contributed by atoms with E-state index in [-0.39, 0.29) is 26.2 Å². The van der Waals surface area contributed by atoms with Crippen molar-refractivity contribution in [1.29, 1.82) is 0 Å². The Morgan fingerprint density at radius 3 is 1.83 bits per heavy atom. The van der Waals surface area contributed by atoms with Gasteiger partial charge < -0.3 is 13.8 Å². The molecule has 0 amide bonds. The second-order valence-electron chi connectivity index (χ2n) is 7.34. The number of esters is 1. The molecule has 1 atom stereocenters. The van der Waals surface area contributed by atoms with Crippen LogP contribution in [-0.2, 0) is 23.1 Å². The lowest BCUT2D eigenvalue weighted by molar-refractivity contribution is -0.143. The summed E-state index contributed by atoms with van der Waals surface area (Å²) in [5, 5.41) is 0. The Balaban J connectivity index is 4.98. The van der Waals surface area contributed by atoms with Crippen molar-refractivity contribution in [1.82, 2.24) is 0 Å². The van der Waals surface area contributed by atoms with Gasteiger partial charge in [-0.15, -0.1) is 0 Å². The van der Waals surface area contributed by atoms with Gasteiger partial charge in [0.05, 0.1) is 19.8 Å². The molecule has 6 heteroatoms. The molecule has 0 radical (unpaired) electrons. The third-order valence-electron chi connectivity index (χ3n) is 4.37. The SMILES string of the molecule is CCOC(=O)C(C/C=C(\C)CC/C=C(\C)CCC=C(C)C)P(=O)(OCC)OCC. The molecule has 0 aliphatic rings. The molecule has 0 aliphatic carbocycles. The predicted octanol–water partition coefficient (Wildman–Crippen LogP) is 6.99. The standard InChI is InChI=1S/C23H41O5P/c1-8-26-23(24)22(29(25,27-9-2)28-10-3)18-17-21(7)16-12-15-20(6)14-11-13-19(4)5/h13,15,17,22H,8-12,14,16,18H2,1-7H3/b20-15+,21-17+. The molecule has 29 heavy (non-hydrogen) atoms. The summed E-state index contributed by atoms with van der Waals surface area (Å²) < 4.78 is 29.0. The average Bonchev–Trinajstić information content (AvgIpc) is 2.62. The molecule has 0 fully saturated rings. The second-order valence-corrected chi connectivity index (χ2v) is 9.56. The van der Waals surface area contributed by atoms with E-state index < -0.39 is 19.2 Å². The van der Waals surface area contributed by atoms with Crippen LogP contribution in [0, 0.1) is 0 Å². The lowest BCUT2D eigenvalue weighted by atomic mass is 10.1. The Labute approximate surface area is 178 Å². The van der Waals surface area contributed by atoms with Gasteiger partial charge in [-0.3, -0.25) is 9.36 Å². The number of allylic oxidation sites excluding steroid dienone is 6. The van der Waals surface area contributed by atoms with Crippen LogP contribution >= 0.6 is 7.60 Å². The van der Waals surface area contributed by atoms with Crippen LogP contribution in [0.15, 0.2) is 34.9 Å². The molecule has 0 saturated heterocycles. The van der Waals surface area contributed by atoms with Gasteiger partial charge in [0.25, 0.3) is 0 Å². The highest BCUT2D eigenvalue weighted by atomic mass is 31.2. The predicted molar refractivity (Wildman–Crippen MR) is 121 cm³/mol. The zero-order valence-electron chi connectivity index (χ0n) is 19.5. The first kappa shape index (κ1) is 27.8. The van der Waals surface area contributed by atoms with E-state index in [1.165, 1.54) is 11.1 Å². The molecule has 0 aromatic carbocycles. The average molecular weight is 429 g/mol. The number of ether oxygens (including phenoxy) is 1. The zero-order valence-corrected chi connectivity index (χ0v) is 20.3. The molecule has 0 bridgehead atoms. The Morgan fingerprint density at radius 1 is 0.828 bits per heavy atom. The van der Waals surface area contributed by atoms with Crippen LogP contribution in [0.3, 0.4) is 0 Å². The van der Waals surface area contributed by atoms with E-state index in [1.807, 2.05) is 13.0 Å². The van der Waals surface area contributed by atoms with Gasteiger partial charge in [-0.2, -0.15) is 0 Å². The Kier molecular flexibility index (Phi) is 15.0. The summed E-state index contributed by atoms with van der Waals surface area (Å²) in [6.07, 6.45) is 10.8. The van der Waals surface area contributed by atoms with Gasteiger partial charge in [-0.05, 0) is 80.6 Å². The number of carbonyl (C=O) groups excluding carboxylic acids is 1. The van der Waals surface area contributed by atoms with Crippen molar-refractivity contribution >= 4 is 13.6 Å². The minimum Gasteiger partial charge on any atom is -0.465 e. The second kappa shape index (κ2) is 15.6. The van der Waals surface area contributed by atoms with Crippen LogP contribution < -0.4 is 0 Å². The summed E-state index contributed by atoms with van der Waals surface area (Å²) in [6.45, 7) is 14.3. The first-order valence-electron chi connectivity index (χ1n) is 10.7. The van der Waals surface area contributed by atoms with Crippen LogP contribution in [0.4, 0.5) is 0 Å². The number of hydrogen-bond donors (Lipinski definition) is 0. The van der Waals surface area contributed by atoms with Gasteiger partial charge in [0.15, 0.2) is 5.66 Å². The highest BCUT2D eigenvalue weighted by molar-refractivity contribution is 7.55. The van der Waals surface area contributed by atoms with Gasteiger partial charge in [0.1, 0.15) is 0 Å². The first-order chi connectivity index (χ1) is 13.7. The fourth-order valence-electron chi connectivity index (χ4n) is 2.82. The van der Waals surface area contributed by atoms with Crippen molar-refractivity contribution in [3.63, 3.8) is 0 Å². The lowest BCUT2D eigenvalue weighted by Gasteiger charge is -2.24. The molecular weight excluding hydrogens is 387 g/mol. The summed E-state index contributed by atoms with van der Waals surface area (Å²) in [4.78, 5) is 12.4. The molecule has 0 rings (SSSR count). The molecule has 0 aromatic heterocycles. The maximum absolute atomic E-state index is 13.1. The summed E-state index contributed by atoms with van der Waals surface area (Å²) in [5.41, 5.74) is 2.95. The molecule has 0 spiro atoms. The summed E-state index contributed by atoms with van der Waals surface area (Å²) in [6, 6.07) is 0. The highest BCUT2D eigenvalue weighted by Gasteiger charge is 2.41. The van der Waals surface area contributed by atoms with E-state index in [9.17, 15) is 9.36 Å². The van der Waals surface area contributed by atoms with E-state index in [1.54, 1.807) is 20.8 Å². The Bertz CT molecular complexity index is 605. The molecule has 1 unspecified atom stereocenters. The fraction of sp³-hybridized carbons (Fsp3) is 0.696. The molecular formula is C23H41O5P. The Morgan fingerprint density at radius 2 is 1.34 bits per heavy atom. The summed E-state index contributed by atoms with van der Waals surface area (Å²) >= 11 is 0. The summed E-state index contributed by atoms with van der Waals surface area (Å²) in [7, 11) is -3.57. The molecule has 0 aliphatic heterocycles. The third kappa shape index (κ3) is 12.2. The third-order valence-corrected chi connectivity index (χ3v) is 6.79. The maximum Gasteiger partial charge on any atom is 0.345 e. The van der Waals surface area contributed by atoms with Crippen molar-refractivity contribution < 1.29 is 23.1 Å². The van der Waals surface area contributed by atoms with Crippen molar-refractivity contribution in [2.75, 3.05) is 19.8 Å². The van der Waals surface area contributed by atoms with Crippen molar-refractivity contribution in [3.8, 4) is 0 Å².